The fraction of sp³-hybridized carbons (Fsp3) is 0.450. The summed E-state index contributed by atoms with van der Waals surface area (Å²) in [6.07, 6.45) is 2.26. The Labute approximate surface area is 175 Å². The lowest BCUT2D eigenvalue weighted by molar-refractivity contribution is 0.0186. The van der Waals surface area contributed by atoms with Crippen molar-refractivity contribution in [1.82, 2.24) is 19.5 Å². The van der Waals surface area contributed by atoms with Gasteiger partial charge < -0.3 is 14.6 Å². The summed E-state index contributed by atoms with van der Waals surface area (Å²) in [5.74, 6) is -0.365. The molecule has 3 aromatic rings. The molecule has 1 aliphatic heterocycles. The van der Waals surface area contributed by atoms with E-state index in [0.717, 1.165) is 5.56 Å². The largest absolute Gasteiger partial charge is 0.444 e. The van der Waals surface area contributed by atoms with Gasteiger partial charge in [-0.2, -0.15) is 10.4 Å². The fourth-order valence-corrected chi connectivity index (χ4v) is 4.43. The Morgan fingerprint density at radius 1 is 1.38 bits per heavy atom. The van der Waals surface area contributed by atoms with Gasteiger partial charge in [-0.3, -0.25) is 0 Å². The minimum absolute atomic E-state index is 0.365. The molecule has 2 aromatic heterocycles. The van der Waals surface area contributed by atoms with Crippen molar-refractivity contribution in [2.75, 3.05) is 13.1 Å². The standard InChI is InChI=1S/C20H21BrFN5O2/c1-19(2,3)29-18(28)26-6-4-20(11-23,5-7-26)13-10-24-27-16-14(21)8-12(22)9-15(16)25-17(13)27/h8-10,25H,4-7H2,1-3H3. The molecule has 0 radical (unpaired) electrons. The van der Waals surface area contributed by atoms with Crippen LogP contribution in [0.15, 0.2) is 22.8 Å². The van der Waals surface area contributed by atoms with Crippen LogP contribution in [-0.4, -0.2) is 44.3 Å². The van der Waals surface area contributed by atoms with E-state index in [-0.39, 0.29) is 11.9 Å². The molecule has 1 saturated heterocycles. The van der Waals surface area contributed by atoms with Crippen molar-refractivity contribution >= 4 is 38.7 Å². The highest BCUT2D eigenvalue weighted by molar-refractivity contribution is 9.10. The van der Waals surface area contributed by atoms with Gasteiger partial charge in [0, 0.05) is 23.1 Å². The van der Waals surface area contributed by atoms with Gasteiger partial charge in [-0.05, 0) is 61.7 Å². The summed E-state index contributed by atoms with van der Waals surface area (Å²) in [7, 11) is 0. The molecule has 0 unspecified atom stereocenters. The van der Waals surface area contributed by atoms with E-state index in [1.807, 2.05) is 20.8 Å². The zero-order valence-corrected chi connectivity index (χ0v) is 18.0. The molecule has 0 saturated carbocycles. The summed E-state index contributed by atoms with van der Waals surface area (Å²) in [6.45, 7) is 6.31. The number of likely N-dealkylation sites (tertiary alicyclic amines) is 1. The van der Waals surface area contributed by atoms with Crippen LogP contribution in [0.25, 0.3) is 16.7 Å². The van der Waals surface area contributed by atoms with Gasteiger partial charge in [0.25, 0.3) is 0 Å². The number of fused-ring (bicyclic) bond motifs is 3. The second-order valence-electron chi connectivity index (χ2n) is 8.39. The maximum absolute atomic E-state index is 13.8. The molecule has 1 aromatic carbocycles. The summed E-state index contributed by atoms with van der Waals surface area (Å²) in [5.41, 5.74) is 1.39. The van der Waals surface area contributed by atoms with Crippen molar-refractivity contribution in [2.45, 2.75) is 44.6 Å². The van der Waals surface area contributed by atoms with Crippen molar-refractivity contribution in [3.63, 3.8) is 0 Å². The molecule has 0 bridgehead atoms. The quantitative estimate of drug-likeness (QED) is 0.577. The number of piperidine rings is 1. The van der Waals surface area contributed by atoms with E-state index in [1.54, 1.807) is 15.6 Å². The highest BCUT2D eigenvalue weighted by atomic mass is 79.9. The minimum atomic E-state index is -0.786. The van der Waals surface area contributed by atoms with Crippen molar-refractivity contribution in [1.29, 1.82) is 5.26 Å². The second-order valence-corrected chi connectivity index (χ2v) is 9.24. The SMILES string of the molecule is CC(C)(C)OC(=O)N1CCC(C#N)(c2cnn3c2[nH]c2cc(F)cc(Br)c23)CC1. The molecule has 7 nitrogen and oxygen atoms in total. The molecule has 0 spiro atoms. The number of halogens is 2. The van der Waals surface area contributed by atoms with Crippen LogP contribution in [0.4, 0.5) is 9.18 Å². The summed E-state index contributed by atoms with van der Waals surface area (Å²) in [4.78, 5) is 17.2. The van der Waals surface area contributed by atoms with Gasteiger partial charge in [0.05, 0.1) is 23.2 Å². The summed E-state index contributed by atoms with van der Waals surface area (Å²) in [5, 5.41) is 14.5. The van der Waals surface area contributed by atoms with E-state index >= 15 is 0 Å². The van der Waals surface area contributed by atoms with E-state index in [1.165, 1.54) is 12.1 Å². The van der Waals surface area contributed by atoms with E-state index in [9.17, 15) is 14.4 Å². The van der Waals surface area contributed by atoms with Crippen LogP contribution >= 0.6 is 15.9 Å². The number of H-pyrrole nitrogens is 1. The first kappa shape index (κ1) is 19.7. The minimum Gasteiger partial charge on any atom is -0.444 e. The third-order valence-corrected chi connectivity index (χ3v) is 5.87. The summed E-state index contributed by atoms with van der Waals surface area (Å²) >= 11 is 3.39. The summed E-state index contributed by atoms with van der Waals surface area (Å²) in [6, 6.07) is 5.24. The molecule has 1 fully saturated rings. The van der Waals surface area contributed by atoms with Gasteiger partial charge in [0.15, 0.2) is 0 Å². The van der Waals surface area contributed by atoms with Crippen LogP contribution in [0.1, 0.15) is 39.2 Å². The molecule has 1 aliphatic rings. The molecule has 29 heavy (non-hydrogen) atoms. The van der Waals surface area contributed by atoms with Crippen molar-refractivity contribution < 1.29 is 13.9 Å². The highest BCUT2D eigenvalue weighted by Gasteiger charge is 2.41. The average Bonchev–Trinajstić information content (AvgIpc) is 3.19. The van der Waals surface area contributed by atoms with Crippen molar-refractivity contribution in [2.24, 2.45) is 0 Å². The van der Waals surface area contributed by atoms with Gasteiger partial charge in [0.2, 0.25) is 0 Å². The Morgan fingerprint density at radius 3 is 2.69 bits per heavy atom. The number of carbonyl (C=O) groups excluding carboxylic acids is 1. The first-order valence-electron chi connectivity index (χ1n) is 9.38. The predicted molar refractivity (Wildman–Crippen MR) is 109 cm³/mol. The van der Waals surface area contributed by atoms with Gasteiger partial charge in [-0.25, -0.2) is 13.7 Å². The number of aromatic amines is 1. The maximum atomic E-state index is 13.8. The van der Waals surface area contributed by atoms with E-state index < -0.39 is 11.0 Å². The van der Waals surface area contributed by atoms with Crippen molar-refractivity contribution in [3.05, 3.63) is 34.2 Å². The Hall–Kier alpha value is -2.60. The predicted octanol–water partition coefficient (Wildman–Crippen LogP) is 4.51. The zero-order chi connectivity index (χ0) is 21.0. The third kappa shape index (κ3) is 3.35. The Kier molecular flexibility index (Phi) is 4.57. The number of benzene rings is 1. The van der Waals surface area contributed by atoms with Gasteiger partial charge >= 0.3 is 6.09 Å². The number of imidazole rings is 1. The van der Waals surface area contributed by atoms with Crippen LogP contribution in [0.3, 0.4) is 0 Å². The number of carbonyl (C=O) groups is 1. The Bertz CT molecular complexity index is 1150. The highest BCUT2D eigenvalue weighted by Crippen LogP contribution is 2.39. The van der Waals surface area contributed by atoms with Gasteiger partial charge in [-0.15, -0.1) is 0 Å². The maximum Gasteiger partial charge on any atom is 0.410 e. The molecular formula is C20H21BrFN5O2. The number of nitriles is 1. The van der Waals surface area contributed by atoms with Gasteiger partial charge in [0.1, 0.15) is 22.6 Å². The lowest BCUT2D eigenvalue weighted by atomic mass is 9.75. The lowest BCUT2D eigenvalue weighted by Gasteiger charge is -2.37. The number of ether oxygens (including phenoxy) is 1. The number of nitrogens with zero attached hydrogens (tertiary/aromatic N) is 4. The lowest BCUT2D eigenvalue weighted by Crippen LogP contribution is -2.46. The number of amides is 1. The molecule has 1 amide bonds. The number of hydrogen-bond acceptors (Lipinski definition) is 4. The van der Waals surface area contributed by atoms with Gasteiger partial charge in [-0.1, -0.05) is 0 Å². The number of aromatic nitrogens is 3. The summed E-state index contributed by atoms with van der Waals surface area (Å²) < 4.78 is 21.5. The van der Waals surface area contributed by atoms with E-state index in [4.69, 9.17) is 4.74 Å². The molecule has 1 N–H and O–H groups in total. The van der Waals surface area contributed by atoms with Crippen LogP contribution in [0.5, 0.6) is 0 Å². The van der Waals surface area contributed by atoms with Crippen LogP contribution in [0.2, 0.25) is 0 Å². The topological polar surface area (TPSA) is 86.4 Å². The third-order valence-electron chi connectivity index (χ3n) is 5.26. The normalized spacial score (nSPS) is 16.9. The molecular weight excluding hydrogens is 441 g/mol. The van der Waals surface area contributed by atoms with Crippen molar-refractivity contribution in [3.8, 4) is 6.07 Å². The molecule has 0 atom stereocenters. The van der Waals surface area contributed by atoms with E-state index in [0.29, 0.717) is 47.1 Å². The second kappa shape index (κ2) is 6.73. The first-order valence-corrected chi connectivity index (χ1v) is 10.2. The first-order chi connectivity index (χ1) is 13.6. The number of rotatable bonds is 1. The zero-order valence-electron chi connectivity index (χ0n) is 16.4. The molecule has 0 aliphatic carbocycles. The van der Waals surface area contributed by atoms with Crippen LogP contribution in [-0.2, 0) is 10.2 Å². The monoisotopic (exact) mass is 461 g/mol. The number of hydrogen-bond donors (Lipinski definition) is 1. The molecule has 152 valence electrons. The molecule has 3 heterocycles. The smallest absolute Gasteiger partial charge is 0.410 e. The molecule has 4 rings (SSSR count). The average molecular weight is 462 g/mol. The Balaban J connectivity index is 1.67. The van der Waals surface area contributed by atoms with Crippen LogP contribution in [0, 0.1) is 17.1 Å². The fourth-order valence-electron chi connectivity index (χ4n) is 3.83. The van der Waals surface area contributed by atoms with Crippen LogP contribution < -0.4 is 0 Å². The molecule has 9 heteroatoms. The Morgan fingerprint density at radius 2 is 2.07 bits per heavy atom. The van der Waals surface area contributed by atoms with E-state index in [2.05, 4.69) is 32.1 Å². The number of nitrogens with one attached hydrogen (secondary N) is 1.